The monoisotopic (exact) mass is 870 g/mol. The largest absolute Gasteiger partial charge is 0.438 e. The number of benzene rings is 9. The van der Waals surface area contributed by atoms with Crippen molar-refractivity contribution in [2.45, 2.75) is 0 Å². The highest BCUT2D eigenvalue weighted by atomic mass is 16.3. The summed E-state index contributed by atoms with van der Waals surface area (Å²) in [6.45, 7) is 0. The van der Waals surface area contributed by atoms with Crippen LogP contribution < -0.4 is 0 Å². The molecule has 13 aromatic rings. The van der Waals surface area contributed by atoms with Crippen molar-refractivity contribution < 1.29 is 8.83 Å². The van der Waals surface area contributed by atoms with Crippen LogP contribution in [0.3, 0.4) is 0 Å². The van der Waals surface area contributed by atoms with E-state index in [0.29, 0.717) is 23.1 Å². The summed E-state index contributed by atoms with van der Waals surface area (Å²) in [6, 6.07) is 79.4. The molecule has 6 nitrogen and oxygen atoms in total. The number of furan rings is 2. The lowest BCUT2D eigenvalue weighted by atomic mass is 9.87. The van der Waals surface area contributed by atoms with E-state index in [0.717, 1.165) is 111 Å². The van der Waals surface area contributed by atoms with Crippen molar-refractivity contribution in [3.8, 4) is 89.8 Å². The summed E-state index contributed by atoms with van der Waals surface area (Å²) in [7, 11) is 0. The van der Waals surface area contributed by atoms with Crippen LogP contribution in [0.1, 0.15) is 0 Å². The Labute approximate surface area is 391 Å². The second-order valence-electron chi connectivity index (χ2n) is 16.9. The summed E-state index contributed by atoms with van der Waals surface area (Å²) in [4.78, 5) is 21.2. The molecule has 0 saturated heterocycles. The van der Waals surface area contributed by atoms with Crippen LogP contribution in [0, 0.1) is 0 Å². The molecule has 4 heterocycles. The molecule has 0 aliphatic rings. The van der Waals surface area contributed by atoms with Crippen LogP contribution in [0.5, 0.6) is 0 Å². The summed E-state index contributed by atoms with van der Waals surface area (Å²) in [5, 5.41) is 3.66. The maximum absolute atomic E-state index is 6.55. The fourth-order valence-corrected chi connectivity index (χ4v) is 9.63. The third-order valence-corrected chi connectivity index (χ3v) is 12.8. The molecule has 0 unspecified atom stereocenters. The smallest absolute Gasteiger partial charge is 0.231 e. The normalized spacial score (nSPS) is 11.5. The predicted molar refractivity (Wildman–Crippen MR) is 276 cm³/mol. The van der Waals surface area contributed by atoms with Crippen LogP contribution in [0.4, 0.5) is 0 Å². The van der Waals surface area contributed by atoms with Gasteiger partial charge < -0.3 is 8.83 Å². The van der Waals surface area contributed by atoms with E-state index < -0.39 is 0 Å². The van der Waals surface area contributed by atoms with Crippen LogP contribution in [-0.4, -0.2) is 19.9 Å². The molecular formula is C62H38N4O2. The van der Waals surface area contributed by atoms with E-state index in [1.807, 2.05) is 48.5 Å². The standard InChI is InChI=1S/C62H38N4O2/c1-3-19-39(20-4-1)41-23-17-25-43(37-41)59-63-57(55-51-33-13-15-35-53(51)67-61(55)65-59)49-31-11-9-29-47(49)45-27-7-8-28-46(45)48-30-10-12-32-50(48)58-56-52-34-14-16-36-54(52)68-62(56)66-60(64-58)44-26-18-24-42(38-44)40-21-5-2-6-22-40/h1-38H. The minimum absolute atomic E-state index is 0.537. The predicted octanol–water partition coefficient (Wildman–Crippen LogP) is 16.4. The summed E-state index contributed by atoms with van der Waals surface area (Å²) in [6.07, 6.45) is 0. The van der Waals surface area contributed by atoms with Gasteiger partial charge in [0.1, 0.15) is 11.2 Å². The quantitative estimate of drug-likeness (QED) is 0.151. The Balaban J connectivity index is 1.01. The number of hydrogen-bond donors (Lipinski definition) is 0. The molecule has 0 radical (unpaired) electrons. The second kappa shape index (κ2) is 16.3. The third kappa shape index (κ3) is 6.74. The summed E-state index contributed by atoms with van der Waals surface area (Å²) in [5.74, 6) is 1.17. The zero-order valence-corrected chi connectivity index (χ0v) is 36.5. The zero-order valence-electron chi connectivity index (χ0n) is 36.5. The summed E-state index contributed by atoms with van der Waals surface area (Å²) >= 11 is 0. The highest BCUT2D eigenvalue weighted by molar-refractivity contribution is 6.14. The van der Waals surface area contributed by atoms with Gasteiger partial charge in [-0.15, -0.1) is 0 Å². The lowest BCUT2D eigenvalue weighted by Crippen LogP contribution is -1.98. The van der Waals surface area contributed by atoms with Crippen molar-refractivity contribution in [2.75, 3.05) is 0 Å². The minimum atomic E-state index is 0.537. The first-order valence-corrected chi connectivity index (χ1v) is 22.7. The van der Waals surface area contributed by atoms with E-state index in [1.54, 1.807) is 0 Å². The van der Waals surface area contributed by atoms with Crippen LogP contribution in [-0.2, 0) is 0 Å². The highest BCUT2D eigenvalue weighted by Gasteiger charge is 2.24. The maximum Gasteiger partial charge on any atom is 0.231 e. The molecule has 4 aromatic heterocycles. The van der Waals surface area contributed by atoms with Crippen LogP contribution in [0.2, 0.25) is 0 Å². The van der Waals surface area contributed by atoms with E-state index >= 15 is 0 Å². The molecular weight excluding hydrogens is 833 g/mol. The lowest BCUT2D eigenvalue weighted by Gasteiger charge is -2.18. The molecule has 0 atom stereocenters. The van der Waals surface area contributed by atoms with Gasteiger partial charge in [0.2, 0.25) is 11.4 Å². The molecule has 0 amide bonds. The first-order valence-electron chi connectivity index (χ1n) is 22.7. The highest BCUT2D eigenvalue weighted by Crippen LogP contribution is 2.46. The van der Waals surface area contributed by atoms with Gasteiger partial charge in [-0.2, -0.15) is 9.97 Å². The molecule has 0 fully saturated rings. The first kappa shape index (κ1) is 39.1. The molecule has 0 spiro atoms. The van der Waals surface area contributed by atoms with E-state index in [4.69, 9.17) is 28.8 Å². The lowest BCUT2D eigenvalue weighted by molar-refractivity contribution is 0.653. The molecule has 0 N–H and O–H groups in total. The van der Waals surface area contributed by atoms with Crippen LogP contribution >= 0.6 is 0 Å². The molecule has 0 saturated carbocycles. The van der Waals surface area contributed by atoms with Crippen LogP contribution in [0.15, 0.2) is 239 Å². The Kier molecular flexibility index (Phi) is 9.39. The molecule has 318 valence electrons. The van der Waals surface area contributed by atoms with Gasteiger partial charge in [0.15, 0.2) is 11.6 Å². The molecule has 68 heavy (non-hydrogen) atoms. The van der Waals surface area contributed by atoms with E-state index in [9.17, 15) is 0 Å². The Morgan fingerprint density at radius 3 is 1.00 bits per heavy atom. The molecule has 0 bridgehead atoms. The van der Waals surface area contributed by atoms with Crippen molar-refractivity contribution in [3.05, 3.63) is 231 Å². The van der Waals surface area contributed by atoms with E-state index in [2.05, 4.69) is 182 Å². The summed E-state index contributed by atoms with van der Waals surface area (Å²) < 4.78 is 13.1. The van der Waals surface area contributed by atoms with Gasteiger partial charge in [0.25, 0.3) is 0 Å². The third-order valence-electron chi connectivity index (χ3n) is 12.8. The van der Waals surface area contributed by atoms with Gasteiger partial charge >= 0.3 is 0 Å². The van der Waals surface area contributed by atoms with Crippen molar-refractivity contribution in [1.82, 2.24) is 19.9 Å². The number of hydrogen-bond acceptors (Lipinski definition) is 6. The Bertz CT molecular complexity index is 3780. The molecule has 0 aliphatic carbocycles. The van der Waals surface area contributed by atoms with Crippen molar-refractivity contribution >= 4 is 44.1 Å². The van der Waals surface area contributed by atoms with Gasteiger partial charge in [-0.25, -0.2) is 9.97 Å². The SMILES string of the molecule is c1ccc(-c2cccc(-c3nc(-c4ccccc4-c4ccccc4-c4ccccc4-c4nc(-c5cccc(-c6ccccc6)c5)nc5oc6ccccc6c45)c4c(n3)oc3ccccc34)c2)cc1. The van der Waals surface area contributed by atoms with Gasteiger partial charge in [-0.05, 0) is 68.8 Å². The fraction of sp³-hybridized carbons (Fsp3) is 0. The van der Waals surface area contributed by atoms with Crippen LogP contribution in [0.25, 0.3) is 134 Å². The van der Waals surface area contributed by atoms with Crippen molar-refractivity contribution in [2.24, 2.45) is 0 Å². The van der Waals surface area contributed by atoms with Crippen molar-refractivity contribution in [1.29, 1.82) is 0 Å². The molecule has 9 aromatic carbocycles. The van der Waals surface area contributed by atoms with E-state index in [1.165, 1.54) is 0 Å². The number of fused-ring (bicyclic) bond motifs is 6. The second-order valence-corrected chi connectivity index (χ2v) is 16.9. The summed E-state index contributed by atoms with van der Waals surface area (Å²) in [5.41, 5.74) is 16.4. The van der Waals surface area contributed by atoms with Crippen molar-refractivity contribution in [3.63, 3.8) is 0 Å². The number of aromatic nitrogens is 4. The number of para-hydroxylation sites is 2. The molecule has 0 aliphatic heterocycles. The Morgan fingerprint density at radius 1 is 0.250 bits per heavy atom. The number of rotatable bonds is 8. The molecule has 13 rings (SSSR count). The zero-order chi connectivity index (χ0) is 45.0. The maximum atomic E-state index is 6.55. The Hall–Kier alpha value is -9.26. The van der Waals surface area contributed by atoms with E-state index in [-0.39, 0.29) is 0 Å². The minimum Gasteiger partial charge on any atom is -0.438 e. The van der Waals surface area contributed by atoms with Gasteiger partial charge in [0.05, 0.1) is 22.2 Å². The topological polar surface area (TPSA) is 77.8 Å². The van der Waals surface area contributed by atoms with Gasteiger partial charge in [0, 0.05) is 33.0 Å². The molecule has 6 heteroatoms. The van der Waals surface area contributed by atoms with Gasteiger partial charge in [-0.1, -0.05) is 206 Å². The first-order chi connectivity index (χ1) is 33.7. The van der Waals surface area contributed by atoms with Gasteiger partial charge in [-0.3, -0.25) is 0 Å². The average Bonchev–Trinajstić information content (AvgIpc) is 4.00. The number of nitrogens with zero attached hydrogens (tertiary/aromatic N) is 4. The fourth-order valence-electron chi connectivity index (χ4n) is 9.63. The average molecular weight is 871 g/mol. The Morgan fingerprint density at radius 2 is 0.574 bits per heavy atom.